The van der Waals surface area contributed by atoms with E-state index in [9.17, 15) is 14.7 Å². The average molecular weight is 427 g/mol. The molecule has 0 bridgehead atoms. The van der Waals surface area contributed by atoms with Crippen molar-refractivity contribution in [1.82, 2.24) is 10.2 Å². The number of nitrogens with zero attached hydrogens (tertiary/aromatic N) is 1. The molecule has 1 aliphatic rings. The van der Waals surface area contributed by atoms with Gasteiger partial charge in [0.25, 0.3) is 0 Å². The van der Waals surface area contributed by atoms with E-state index >= 15 is 0 Å². The number of carbonyl (C=O) groups excluding carboxylic acids is 1. The third kappa shape index (κ3) is 4.60. The van der Waals surface area contributed by atoms with Crippen LogP contribution in [0.25, 0.3) is 0 Å². The van der Waals surface area contributed by atoms with Gasteiger partial charge in [-0.3, -0.25) is 0 Å². The van der Waals surface area contributed by atoms with Gasteiger partial charge in [0.1, 0.15) is 6.04 Å². The number of fused-ring (bicyclic) bond motifs is 1. The molecule has 2 aromatic rings. The lowest BCUT2D eigenvalue weighted by Gasteiger charge is -2.39. The van der Waals surface area contributed by atoms with E-state index in [0.717, 1.165) is 16.7 Å². The van der Waals surface area contributed by atoms with Gasteiger partial charge < -0.3 is 24.8 Å². The Morgan fingerprint density at radius 1 is 1.16 bits per heavy atom. The van der Waals surface area contributed by atoms with Crippen LogP contribution in [-0.2, 0) is 11.2 Å². The highest BCUT2D eigenvalue weighted by Gasteiger charge is 2.35. The minimum absolute atomic E-state index is 0.182. The summed E-state index contributed by atoms with van der Waals surface area (Å²) in [5.74, 6) is 0.0296. The molecule has 2 aromatic carbocycles. The van der Waals surface area contributed by atoms with Crippen LogP contribution in [0.4, 0.5) is 4.79 Å². The summed E-state index contributed by atoms with van der Waals surface area (Å²) in [5, 5.41) is 12.4. The zero-order valence-corrected chi connectivity index (χ0v) is 18.4. The quantitative estimate of drug-likeness (QED) is 0.702. The Balaban J connectivity index is 2.03. The first kappa shape index (κ1) is 22.5. The molecule has 0 saturated heterocycles. The van der Waals surface area contributed by atoms with Crippen LogP contribution in [-0.4, -0.2) is 48.8 Å². The van der Waals surface area contributed by atoms with E-state index in [1.165, 1.54) is 0 Å². The molecule has 3 atom stereocenters. The van der Waals surface area contributed by atoms with Crippen LogP contribution in [0.5, 0.6) is 11.5 Å². The number of hydrogen-bond acceptors (Lipinski definition) is 4. The molecule has 166 valence electrons. The summed E-state index contributed by atoms with van der Waals surface area (Å²) in [5.41, 5.74) is 2.97. The normalized spacial score (nSPS) is 17.3. The predicted molar refractivity (Wildman–Crippen MR) is 118 cm³/mol. The number of carbonyl (C=O) groups is 2. The van der Waals surface area contributed by atoms with Gasteiger partial charge in [0.05, 0.1) is 20.3 Å². The second-order valence-corrected chi connectivity index (χ2v) is 7.81. The second kappa shape index (κ2) is 9.73. The number of rotatable bonds is 7. The largest absolute Gasteiger partial charge is 0.493 e. The van der Waals surface area contributed by atoms with Crippen molar-refractivity contribution in [2.45, 2.75) is 38.8 Å². The minimum Gasteiger partial charge on any atom is -0.493 e. The first-order chi connectivity index (χ1) is 14.9. The number of aliphatic carboxylic acids is 1. The van der Waals surface area contributed by atoms with E-state index in [1.54, 1.807) is 19.1 Å². The zero-order valence-electron chi connectivity index (χ0n) is 18.4. The monoisotopic (exact) mass is 426 g/mol. The Morgan fingerprint density at radius 2 is 1.81 bits per heavy atom. The molecule has 0 spiro atoms. The fraction of sp³-hybridized carbons (Fsp3) is 0.417. The zero-order chi connectivity index (χ0) is 22.5. The molecule has 0 unspecified atom stereocenters. The Bertz CT molecular complexity index is 931. The molecule has 2 N–H and O–H groups in total. The molecule has 0 fully saturated rings. The summed E-state index contributed by atoms with van der Waals surface area (Å²) < 4.78 is 11.0. The Hall–Kier alpha value is -3.22. The summed E-state index contributed by atoms with van der Waals surface area (Å²) >= 11 is 0. The molecule has 0 aromatic heterocycles. The van der Waals surface area contributed by atoms with Crippen LogP contribution < -0.4 is 14.8 Å². The van der Waals surface area contributed by atoms with Crippen LogP contribution in [0.1, 0.15) is 43.0 Å². The number of ether oxygens (including phenoxy) is 2. The molecular formula is C24H30N2O5. The second-order valence-electron chi connectivity index (χ2n) is 7.81. The molecular weight excluding hydrogens is 396 g/mol. The van der Waals surface area contributed by atoms with E-state index in [4.69, 9.17) is 9.47 Å². The van der Waals surface area contributed by atoms with Gasteiger partial charge in [-0.25, -0.2) is 9.59 Å². The van der Waals surface area contributed by atoms with Gasteiger partial charge in [0.15, 0.2) is 11.5 Å². The molecule has 1 heterocycles. The molecule has 0 saturated carbocycles. The van der Waals surface area contributed by atoms with Crippen LogP contribution >= 0.6 is 0 Å². The highest BCUT2D eigenvalue weighted by molar-refractivity contribution is 5.83. The number of amides is 2. The van der Waals surface area contributed by atoms with Crippen LogP contribution in [0.3, 0.4) is 0 Å². The Labute approximate surface area is 183 Å². The van der Waals surface area contributed by atoms with Gasteiger partial charge in [0, 0.05) is 6.54 Å². The van der Waals surface area contributed by atoms with Crippen molar-refractivity contribution in [1.29, 1.82) is 0 Å². The summed E-state index contributed by atoms with van der Waals surface area (Å²) in [6, 6.07) is 11.9. The molecule has 7 heteroatoms. The summed E-state index contributed by atoms with van der Waals surface area (Å²) in [6.45, 7) is 4.20. The van der Waals surface area contributed by atoms with Crippen molar-refractivity contribution in [3.05, 3.63) is 59.2 Å². The average Bonchev–Trinajstić information content (AvgIpc) is 2.80. The SMILES string of the molecule is CC[C@@H](C)[C@H](NC(=O)N1CCc2cc(OC)c(OC)cc2[C@H]1c1ccccc1)C(=O)O. The van der Waals surface area contributed by atoms with Gasteiger partial charge in [-0.2, -0.15) is 0 Å². The maximum absolute atomic E-state index is 13.3. The van der Waals surface area contributed by atoms with Crippen LogP contribution in [0, 0.1) is 5.92 Å². The third-order valence-electron chi connectivity index (χ3n) is 6.01. The van der Waals surface area contributed by atoms with Crippen molar-refractivity contribution >= 4 is 12.0 Å². The molecule has 0 radical (unpaired) electrons. The highest BCUT2D eigenvalue weighted by atomic mass is 16.5. The number of carboxylic acid groups (broad SMARTS) is 1. The maximum atomic E-state index is 13.3. The van der Waals surface area contributed by atoms with Gasteiger partial charge >= 0.3 is 12.0 Å². The van der Waals surface area contributed by atoms with E-state index < -0.39 is 12.0 Å². The molecule has 2 amide bonds. The third-order valence-corrected chi connectivity index (χ3v) is 6.01. The van der Waals surface area contributed by atoms with E-state index in [1.807, 2.05) is 56.3 Å². The fourth-order valence-electron chi connectivity index (χ4n) is 4.06. The van der Waals surface area contributed by atoms with Crippen molar-refractivity contribution in [2.24, 2.45) is 5.92 Å². The van der Waals surface area contributed by atoms with Crippen LogP contribution in [0.2, 0.25) is 0 Å². The number of carboxylic acids is 1. The number of hydrogen-bond donors (Lipinski definition) is 2. The van der Waals surface area contributed by atoms with Gasteiger partial charge in [-0.05, 0) is 41.2 Å². The summed E-state index contributed by atoms with van der Waals surface area (Å²) in [7, 11) is 3.18. The van der Waals surface area contributed by atoms with Gasteiger partial charge in [-0.1, -0.05) is 50.6 Å². The first-order valence-electron chi connectivity index (χ1n) is 10.5. The fourth-order valence-corrected chi connectivity index (χ4v) is 4.06. The van der Waals surface area contributed by atoms with E-state index in [-0.39, 0.29) is 18.0 Å². The molecule has 1 aliphatic heterocycles. The lowest BCUT2D eigenvalue weighted by Crippen LogP contribution is -2.53. The van der Waals surface area contributed by atoms with Crippen molar-refractivity contribution in [3.8, 4) is 11.5 Å². The van der Waals surface area contributed by atoms with E-state index in [2.05, 4.69) is 5.32 Å². The summed E-state index contributed by atoms with van der Waals surface area (Å²) in [6.07, 6.45) is 1.28. The topological polar surface area (TPSA) is 88.1 Å². The number of benzene rings is 2. The highest BCUT2D eigenvalue weighted by Crippen LogP contribution is 2.41. The van der Waals surface area contributed by atoms with Crippen molar-refractivity contribution < 1.29 is 24.2 Å². The van der Waals surface area contributed by atoms with Gasteiger partial charge in [-0.15, -0.1) is 0 Å². The Kier molecular flexibility index (Phi) is 7.05. The predicted octanol–water partition coefficient (Wildman–Crippen LogP) is 3.86. The number of urea groups is 1. The molecule has 31 heavy (non-hydrogen) atoms. The van der Waals surface area contributed by atoms with Crippen LogP contribution in [0.15, 0.2) is 42.5 Å². The molecule has 3 rings (SSSR count). The lowest BCUT2D eigenvalue weighted by molar-refractivity contribution is -0.140. The molecule has 0 aliphatic carbocycles. The van der Waals surface area contributed by atoms with Crippen molar-refractivity contribution in [3.63, 3.8) is 0 Å². The Morgan fingerprint density at radius 3 is 2.39 bits per heavy atom. The van der Waals surface area contributed by atoms with Gasteiger partial charge in [0.2, 0.25) is 0 Å². The number of methoxy groups -OCH3 is 2. The first-order valence-corrected chi connectivity index (χ1v) is 10.5. The minimum atomic E-state index is -1.03. The van der Waals surface area contributed by atoms with E-state index in [0.29, 0.717) is 30.9 Å². The number of nitrogens with one attached hydrogen (secondary N) is 1. The van der Waals surface area contributed by atoms with Crippen molar-refractivity contribution in [2.75, 3.05) is 20.8 Å². The molecule has 7 nitrogen and oxygen atoms in total. The standard InChI is InChI=1S/C24H30N2O5/c1-5-15(2)21(23(27)28)25-24(29)26-12-11-17-13-19(30-3)20(31-4)14-18(17)22(26)16-9-7-6-8-10-16/h6-10,13-15,21-22H,5,11-12H2,1-4H3,(H,25,29)(H,27,28)/t15-,21+,22-/m1/s1. The maximum Gasteiger partial charge on any atom is 0.326 e. The smallest absolute Gasteiger partial charge is 0.326 e. The lowest BCUT2D eigenvalue weighted by atomic mass is 9.87. The summed E-state index contributed by atoms with van der Waals surface area (Å²) in [4.78, 5) is 26.8.